The maximum atomic E-state index is 14.0. The number of nitrogen functional groups attached to an aromatic ring is 1. The fraction of sp³-hybridized carbons (Fsp3) is 0.462. The molecular weight excluding hydrogens is 249 g/mol. The van der Waals surface area contributed by atoms with Crippen LogP contribution in [-0.2, 0) is 9.47 Å². The van der Waals surface area contributed by atoms with Gasteiger partial charge >= 0.3 is 0 Å². The van der Waals surface area contributed by atoms with Gasteiger partial charge in [-0.3, -0.25) is 5.41 Å². The zero-order chi connectivity index (χ0) is 14.0. The Hall–Kier alpha value is -1.66. The van der Waals surface area contributed by atoms with Crippen LogP contribution >= 0.6 is 0 Å². The van der Waals surface area contributed by atoms with Gasteiger partial charge < -0.3 is 20.1 Å². The standard InChI is InChI=1S/C13H18FN3O2/c1-18-11-6-17(7-12(11)19-2)10-4-3-8(13(15)16)5-9(10)14/h3-5,11-12H,6-7H2,1-2H3,(H3,15,16). The van der Waals surface area contributed by atoms with Crippen molar-refractivity contribution in [2.24, 2.45) is 5.73 Å². The Bertz CT molecular complexity index is 469. The van der Waals surface area contributed by atoms with Crippen molar-refractivity contribution in [3.05, 3.63) is 29.6 Å². The molecular formula is C13H18FN3O2. The first-order chi connectivity index (χ1) is 9.06. The van der Waals surface area contributed by atoms with Crippen LogP contribution in [0.3, 0.4) is 0 Å². The number of anilines is 1. The van der Waals surface area contributed by atoms with Gasteiger partial charge in [0.1, 0.15) is 23.9 Å². The van der Waals surface area contributed by atoms with Gasteiger partial charge in [-0.25, -0.2) is 4.39 Å². The first-order valence-electron chi connectivity index (χ1n) is 6.01. The van der Waals surface area contributed by atoms with E-state index >= 15 is 0 Å². The lowest BCUT2D eigenvalue weighted by Crippen LogP contribution is -2.27. The molecule has 2 unspecified atom stereocenters. The normalized spacial score (nSPS) is 22.8. The van der Waals surface area contributed by atoms with Gasteiger partial charge in [0.2, 0.25) is 0 Å². The predicted octanol–water partition coefficient (Wildman–Crippen LogP) is 0.960. The summed E-state index contributed by atoms with van der Waals surface area (Å²) in [5.41, 5.74) is 6.20. The number of ether oxygens (including phenoxy) is 2. The second kappa shape index (κ2) is 5.54. The zero-order valence-corrected chi connectivity index (χ0v) is 11.0. The Morgan fingerprint density at radius 3 is 2.32 bits per heavy atom. The molecule has 1 saturated heterocycles. The average Bonchev–Trinajstić information content (AvgIpc) is 2.81. The van der Waals surface area contributed by atoms with E-state index in [1.807, 2.05) is 4.90 Å². The van der Waals surface area contributed by atoms with Gasteiger partial charge in [-0.15, -0.1) is 0 Å². The minimum Gasteiger partial charge on any atom is -0.384 e. The topological polar surface area (TPSA) is 71.6 Å². The second-order valence-corrected chi connectivity index (χ2v) is 4.53. The molecule has 5 nitrogen and oxygen atoms in total. The lowest BCUT2D eigenvalue weighted by molar-refractivity contribution is -0.00461. The lowest BCUT2D eigenvalue weighted by Gasteiger charge is -2.19. The van der Waals surface area contributed by atoms with E-state index in [0.717, 1.165) is 0 Å². The summed E-state index contributed by atoms with van der Waals surface area (Å²) < 4.78 is 24.7. The molecule has 1 heterocycles. The molecule has 6 heteroatoms. The molecule has 0 radical (unpaired) electrons. The number of hydrogen-bond acceptors (Lipinski definition) is 4. The smallest absolute Gasteiger partial charge is 0.147 e. The average molecular weight is 267 g/mol. The van der Waals surface area contributed by atoms with Gasteiger partial charge in [0.05, 0.1) is 5.69 Å². The maximum Gasteiger partial charge on any atom is 0.147 e. The van der Waals surface area contributed by atoms with Crippen molar-refractivity contribution >= 4 is 11.5 Å². The number of rotatable bonds is 4. The third-order valence-corrected chi connectivity index (χ3v) is 3.42. The van der Waals surface area contributed by atoms with Gasteiger partial charge in [-0.05, 0) is 18.2 Å². The SMILES string of the molecule is COC1CN(c2ccc(C(=N)N)cc2F)CC1OC. The predicted molar refractivity (Wildman–Crippen MR) is 71.2 cm³/mol. The fourth-order valence-electron chi connectivity index (χ4n) is 2.32. The molecule has 2 rings (SSSR count). The fourth-order valence-corrected chi connectivity index (χ4v) is 2.32. The second-order valence-electron chi connectivity index (χ2n) is 4.53. The van der Waals surface area contributed by atoms with E-state index in [9.17, 15) is 4.39 Å². The molecule has 104 valence electrons. The number of benzene rings is 1. The number of hydrogen-bond donors (Lipinski definition) is 2. The van der Waals surface area contributed by atoms with Crippen molar-refractivity contribution in [2.75, 3.05) is 32.2 Å². The quantitative estimate of drug-likeness (QED) is 0.629. The molecule has 3 N–H and O–H groups in total. The molecule has 1 aromatic carbocycles. The van der Waals surface area contributed by atoms with Gasteiger partial charge in [0.15, 0.2) is 0 Å². The highest BCUT2D eigenvalue weighted by Gasteiger charge is 2.34. The van der Waals surface area contributed by atoms with Crippen LogP contribution in [0.25, 0.3) is 0 Å². The maximum absolute atomic E-state index is 14.0. The number of amidine groups is 1. The summed E-state index contributed by atoms with van der Waals surface area (Å²) in [6.07, 6.45) is -0.145. The monoisotopic (exact) mass is 267 g/mol. The van der Waals surface area contributed by atoms with E-state index in [4.69, 9.17) is 20.6 Å². The van der Waals surface area contributed by atoms with E-state index in [2.05, 4.69) is 0 Å². The van der Waals surface area contributed by atoms with Crippen LogP contribution in [0.1, 0.15) is 5.56 Å². The molecule has 1 aromatic rings. The van der Waals surface area contributed by atoms with Gasteiger partial charge in [0, 0.05) is 32.9 Å². The van der Waals surface area contributed by atoms with E-state index in [1.165, 1.54) is 6.07 Å². The number of nitrogens with one attached hydrogen (secondary N) is 1. The van der Waals surface area contributed by atoms with Crippen LogP contribution < -0.4 is 10.6 Å². The van der Waals surface area contributed by atoms with Crippen LogP contribution in [0.4, 0.5) is 10.1 Å². The molecule has 0 bridgehead atoms. The van der Waals surface area contributed by atoms with Crippen LogP contribution in [0.2, 0.25) is 0 Å². The molecule has 0 amide bonds. The summed E-state index contributed by atoms with van der Waals surface area (Å²) in [6, 6.07) is 4.55. The third-order valence-electron chi connectivity index (χ3n) is 3.42. The van der Waals surface area contributed by atoms with Crippen molar-refractivity contribution in [1.82, 2.24) is 0 Å². The van der Waals surface area contributed by atoms with Crippen molar-refractivity contribution in [3.8, 4) is 0 Å². The molecule has 0 saturated carbocycles. The molecule has 0 spiro atoms. The van der Waals surface area contributed by atoms with Crippen LogP contribution in [0, 0.1) is 11.2 Å². The van der Waals surface area contributed by atoms with E-state index in [0.29, 0.717) is 24.3 Å². The Morgan fingerprint density at radius 1 is 1.32 bits per heavy atom. The lowest BCUT2D eigenvalue weighted by atomic mass is 10.1. The molecule has 1 aliphatic rings. The van der Waals surface area contributed by atoms with Gasteiger partial charge in [-0.1, -0.05) is 0 Å². The molecule has 19 heavy (non-hydrogen) atoms. The van der Waals surface area contributed by atoms with E-state index in [-0.39, 0.29) is 23.9 Å². The van der Waals surface area contributed by atoms with Crippen molar-refractivity contribution in [3.63, 3.8) is 0 Å². The van der Waals surface area contributed by atoms with Crippen molar-refractivity contribution in [1.29, 1.82) is 5.41 Å². The zero-order valence-electron chi connectivity index (χ0n) is 11.0. The van der Waals surface area contributed by atoms with Crippen LogP contribution in [0.15, 0.2) is 18.2 Å². The first-order valence-corrected chi connectivity index (χ1v) is 6.01. The molecule has 0 aromatic heterocycles. The molecule has 1 fully saturated rings. The highest BCUT2D eigenvalue weighted by Crippen LogP contribution is 2.26. The van der Waals surface area contributed by atoms with Crippen molar-refractivity contribution in [2.45, 2.75) is 12.2 Å². The van der Waals surface area contributed by atoms with Gasteiger partial charge in [0.25, 0.3) is 0 Å². The summed E-state index contributed by atoms with van der Waals surface area (Å²) in [5, 5.41) is 7.29. The van der Waals surface area contributed by atoms with Crippen LogP contribution in [-0.4, -0.2) is 45.4 Å². The third kappa shape index (κ3) is 2.69. The highest BCUT2D eigenvalue weighted by molar-refractivity contribution is 5.95. The van der Waals surface area contributed by atoms with Gasteiger partial charge in [-0.2, -0.15) is 0 Å². The van der Waals surface area contributed by atoms with E-state index < -0.39 is 0 Å². The number of nitrogens with zero attached hydrogens (tertiary/aromatic N) is 1. The summed E-state index contributed by atoms with van der Waals surface area (Å²) in [4.78, 5) is 1.88. The first kappa shape index (κ1) is 13.8. The Morgan fingerprint density at radius 2 is 1.89 bits per heavy atom. The number of methoxy groups -OCH3 is 2. The number of nitrogens with two attached hydrogens (primary N) is 1. The Balaban J connectivity index is 2.21. The Kier molecular flexibility index (Phi) is 4.01. The summed E-state index contributed by atoms with van der Waals surface area (Å²) in [6.45, 7) is 1.15. The largest absolute Gasteiger partial charge is 0.384 e. The van der Waals surface area contributed by atoms with E-state index in [1.54, 1.807) is 26.4 Å². The molecule has 2 atom stereocenters. The van der Waals surface area contributed by atoms with Crippen molar-refractivity contribution < 1.29 is 13.9 Å². The summed E-state index contributed by atoms with van der Waals surface area (Å²) in [5.74, 6) is -0.532. The minimum atomic E-state index is -0.390. The molecule has 0 aliphatic carbocycles. The molecule has 1 aliphatic heterocycles. The summed E-state index contributed by atoms with van der Waals surface area (Å²) >= 11 is 0. The Labute approximate surface area is 111 Å². The number of halogens is 1. The minimum absolute atomic E-state index is 0.0723. The highest BCUT2D eigenvalue weighted by atomic mass is 19.1. The van der Waals surface area contributed by atoms with Crippen LogP contribution in [0.5, 0.6) is 0 Å². The summed E-state index contributed by atoms with van der Waals surface area (Å²) in [7, 11) is 3.24.